The minimum Gasteiger partial charge on any atom is -0.462 e. The minimum atomic E-state index is -4.96. The van der Waals surface area contributed by atoms with Crippen LogP contribution in [0.1, 0.15) is 383 Å². The number of rotatable bonds is 73. The van der Waals surface area contributed by atoms with Crippen molar-refractivity contribution in [2.45, 2.75) is 401 Å². The molecular weight excluding hydrogens is 1250 g/mol. The van der Waals surface area contributed by atoms with Crippen molar-refractivity contribution < 1.29 is 80.2 Å². The van der Waals surface area contributed by atoms with Gasteiger partial charge in [0.15, 0.2) is 12.2 Å². The molecule has 19 heteroatoms. The second-order valence-corrected chi connectivity index (χ2v) is 31.7. The number of carbonyl (C=O) groups is 4. The van der Waals surface area contributed by atoms with Crippen LogP contribution < -0.4 is 0 Å². The summed E-state index contributed by atoms with van der Waals surface area (Å²) < 4.78 is 68.6. The zero-order chi connectivity index (χ0) is 70.3. The number of ether oxygens (including phenoxy) is 4. The molecule has 4 unspecified atom stereocenters. The lowest BCUT2D eigenvalue weighted by atomic mass is 9.99. The highest BCUT2D eigenvalue weighted by Gasteiger charge is 2.30. The first-order chi connectivity index (χ1) is 45.7. The summed E-state index contributed by atoms with van der Waals surface area (Å²) >= 11 is 0. The molecule has 0 bridgehead atoms. The fourth-order valence-electron chi connectivity index (χ4n) is 11.5. The van der Waals surface area contributed by atoms with Crippen molar-refractivity contribution in [3.63, 3.8) is 0 Å². The summed E-state index contributed by atoms with van der Waals surface area (Å²) in [6, 6.07) is 0. The summed E-state index contributed by atoms with van der Waals surface area (Å²) in [6.45, 7) is 14.2. The Kier molecular flexibility index (Phi) is 64.0. The maximum Gasteiger partial charge on any atom is 0.472 e. The number of phosphoric ester groups is 2. The molecule has 0 aromatic heterocycles. The van der Waals surface area contributed by atoms with Crippen molar-refractivity contribution in [2.75, 3.05) is 39.6 Å². The molecule has 7 atom stereocenters. The molecule has 0 heterocycles. The smallest absolute Gasteiger partial charge is 0.462 e. The normalized spacial score (nSPS) is 14.7. The van der Waals surface area contributed by atoms with Crippen molar-refractivity contribution in [3.05, 3.63) is 0 Å². The number of esters is 4. The molecule has 0 aliphatic carbocycles. The molecule has 0 rings (SSSR count). The van der Waals surface area contributed by atoms with Crippen LogP contribution >= 0.6 is 15.6 Å². The molecule has 3 N–H and O–H groups in total. The van der Waals surface area contributed by atoms with Gasteiger partial charge in [-0.15, -0.1) is 0 Å². The number of unbranched alkanes of at least 4 members (excludes halogenated alkanes) is 37. The van der Waals surface area contributed by atoms with Gasteiger partial charge in [0.1, 0.15) is 19.3 Å². The number of phosphoric acid groups is 2. The standard InChI is InChI=1S/C76H148O17P2/c1-9-68(7)54-46-38-30-22-17-19-23-32-40-48-56-73(78)86-62-71(92-75(80)58-50-42-34-24-15-13-11-12-14-20-28-36-44-52-66(3)4)64-90-94(82,83)88-60-70(77)61-89-95(84,85)91-65-72(63-87-74(79)57-49-41-33-27-26-31-39-47-55-69(8)10-2)93-76(81)59-51-43-35-25-18-16-21-29-37-45-53-67(5)6/h66-72,77H,9-65H2,1-8H3,(H,82,83)(H,84,85)/t68?,69?,70-,71-,72-/m1/s1. The van der Waals surface area contributed by atoms with E-state index in [1.807, 2.05) is 0 Å². The Labute approximate surface area is 581 Å². The Morgan fingerprint density at radius 3 is 0.747 bits per heavy atom. The second kappa shape index (κ2) is 65.4. The van der Waals surface area contributed by atoms with Crippen molar-refractivity contribution in [1.29, 1.82) is 0 Å². The first-order valence-corrected chi connectivity index (χ1v) is 42.3. The van der Waals surface area contributed by atoms with Gasteiger partial charge in [0.25, 0.3) is 0 Å². The summed E-state index contributed by atoms with van der Waals surface area (Å²) in [7, 11) is -9.92. The number of aliphatic hydroxyl groups is 1. The van der Waals surface area contributed by atoms with Crippen molar-refractivity contribution in [2.24, 2.45) is 23.7 Å². The molecule has 0 radical (unpaired) electrons. The van der Waals surface area contributed by atoms with Crippen LogP contribution in [0.4, 0.5) is 0 Å². The summed E-state index contributed by atoms with van der Waals surface area (Å²) in [6.07, 6.45) is 49.7. The largest absolute Gasteiger partial charge is 0.472 e. The Bertz CT molecular complexity index is 1870. The van der Waals surface area contributed by atoms with E-state index >= 15 is 0 Å². The lowest BCUT2D eigenvalue weighted by Gasteiger charge is -2.21. The van der Waals surface area contributed by atoms with Gasteiger partial charge in [0.2, 0.25) is 0 Å². The van der Waals surface area contributed by atoms with E-state index in [9.17, 15) is 43.2 Å². The lowest BCUT2D eigenvalue weighted by Crippen LogP contribution is -2.30. The van der Waals surface area contributed by atoms with E-state index < -0.39 is 97.5 Å². The second-order valence-electron chi connectivity index (χ2n) is 28.8. The molecule has 0 saturated carbocycles. The maximum atomic E-state index is 13.1. The molecule has 0 spiro atoms. The molecule has 0 aromatic rings. The molecule has 0 aliphatic rings. The predicted octanol–water partition coefficient (Wildman–Crippen LogP) is 22.0. The molecule has 17 nitrogen and oxygen atoms in total. The summed E-state index contributed by atoms with van der Waals surface area (Å²) in [5.74, 6) is 1.01. The van der Waals surface area contributed by atoms with E-state index in [2.05, 4.69) is 55.4 Å². The SMILES string of the molecule is CCC(C)CCCCCCCCCCCCC(=O)OC[C@H](COP(=O)(O)OC[C@@H](O)COP(=O)(O)OC[C@@H](COC(=O)CCCCCCCCCCC(C)CC)OC(=O)CCCCCCCCCCCCC(C)C)OC(=O)CCCCCCCCCCCCCCCC(C)C. The number of hydrogen-bond donors (Lipinski definition) is 3. The third-order valence-electron chi connectivity index (χ3n) is 18.3. The Balaban J connectivity index is 5.28. The van der Waals surface area contributed by atoms with Crippen LogP contribution in [0.3, 0.4) is 0 Å². The van der Waals surface area contributed by atoms with Crippen LogP contribution in [-0.2, 0) is 65.4 Å². The van der Waals surface area contributed by atoms with Gasteiger partial charge in [-0.25, -0.2) is 9.13 Å². The van der Waals surface area contributed by atoms with Gasteiger partial charge in [0, 0.05) is 25.7 Å². The number of carbonyl (C=O) groups excluding carboxylic acids is 4. The van der Waals surface area contributed by atoms with Crippen molar-refractivity contribution in [1.82, 2.24) is 0 Å². The number of aliphatic hydroxyl groups excluding tert-OH is 1. The van der Waals surface area contributed by atoms with Gasteiger partial charge in [-0.2, -0.15) is 0 Å². The quantitative estimate of drug-likeness (QED) is 0.0222. The van der Waals surface area contributed by atoms with Crippen LogP contribution in [0.5, 0.6) is 0 Å². The Morgan fingerprint density at radius 1 is 0.295 bits per heavy atom. The predicted molar refractivity (Wildman–Crippen MR) is 386 cm³/mol. The molecule has 0 aliphatic heterocycles. The van der Waals surface area contributed by atoms with Gasteiger partial charge in [-0.1, -0.05) is 331 Å². The lowest BCUT2D eigenvalue weighted by molar-refractivity contribution is -0.161. The average molecular weight is 1400 g/mol. The van der Waals surface area contributed by atoms with E-state index in [1.165, 1.54) is 186 Å². The van der Waals surface area contributed by atoms with E-state index in [1.54, 1.807) is 0 Å². The van der Waals surface area contributed by atoms with Crippen LogP contribution in [0.25, 0.3) is 0 Å². The van der Waals surface area contributed by atoms with Crippen LogP contribution in [0.15, 0.2) is 0 Å². The summed E-state index contributed by atoms with van der Waals surface area (Å²) in [4.78, 5) is 72.9. The van der Waals surface area contributed by atoms with Crippen molar-refractivity contribution in [3.8, 4) is 0 Å². The van der Waals surface area contributed by atoms with Crippen LogP contribution in [-0.4, -0.2) is 96.7 Å². The third-order valence-corrected chi connectivity index (χ3v) is 20.2. The molecule has 0 amide bonds. The fourth-order valence-corrected chi connectivity index (χ4v) is 13.1. The van der Waals surface area contributed by atoms with Gasteiger partial charge < -0.3 is 33.8 Å². The zero-order valence-electron chi connectivity index (χ0n) is 62.3. The summed E-state index contributed by atoms with van der Waals surface area (Å²) in [5.41, 5.74) is 0. The molecule has 564 valence electrons. The molecule has 95 heavy (non-hydrogen) atoms. The monoisotopic (exact) mass is 1400 g/mol. The van der Waals surface area contributed by atoms with Gasteiger partial charge >= 0.3 is 39.5 Å². The van der Waals surface area contributed by atoms with Gasteiger partial charge in [-0.05, 0) is 49.4 Å². The Morgan fingerprint density at radius 2 is 0.505 bits per heavy atom. The van der Waals surface area contributed by atoms with Crippen molar-refractivity contribution >= 4 is 39.5 Å². The van der Waals surface area contributed by atoms with E-state index in [0.717, 1.165) is 114 Å². The molecular formula is C76H148O17P2. The van der Waals surface area contributed by atoms with E-state index in [-0.39, 0.29) is 25.7 Å². The summed E-state index contributed by atoms with van der Waals surface area (Å²) in [5, 5.41) is 10.6. The van der Waals surface area contributed by atoms with Gasteiger partial charge in [-0.3, -0.25) is 37.3 Å². The minimum absolute atomic E-state index is 0.105. The van der Waals surface area contributed by atoms with Crippen LogP contribution in [0.2, 0.25) is 0 Å². The highest BCUT2D eigenvalue weighted by Crippen LogP contribution is 2.45. The number of hydrogen-bond acceptors (Lipinski definition) is 15. The topological polar surface area (TPSA) is 237 Å². The molecule has 0 fully saturated rings. The Hall–Kier alpha value is -1.94. The first-order valence-electron chi connectivity index (χ1n) is 39.3. The fraction of sp³-hybridized carbons (Fsp3) is 0.947. The first kappa shape index (κ1) is 93.1. The van der Waals surface area contributed by atoms with E-state index in [0.29, 0.717) is 25.7 Å². The zero-order valence-corrected chi connectivity index (χ0v) is 64.1. The molecule has 0 aromatic carbocycles. The molecule has 0 saturated heterocycles. The highest BCUT2D eigenvalue weighted by atomic mass is 31.2. The van der Waals surface area contributed by atoms with Crippen LogP contribution in [0, 0.1) is 23.7 Å². The highest BCUT2D eigenvalue weighted by molar-refractivity contribution is 7.47. The third kappa shape index (κ3) is 67.6. The maximum absolute atomic E-state index is 13.1. The van der Waals surface area contributed by atoms with E-state index in [4.69, 9.17) is 37.0 Å². The average Bonchev–Trinajstić information content (AvgIpc) is 2.64. The van der Waals surface area contributed by atoms with Gasteiger partial charge in [0.05, 0.1) is 26.4 Å².